The Morgan fingerprint density at radius 3 is 2.18 bits per heavy atom. The molecule has 0 aromatic rings. The molecule has 1 spiro atoms. The zero-order valence-corrected chi connectivity index (χ0v) is 12.7. The number of ether oxygens (including phenoxy) is 2. The molecule has 124 valence electrons. The molecule has 2 aliphatic carbocycles. The van der Waals surface area contributed by atoms with E-state index in [0.29, 0.717) is 38.9 Å². The fraction of sp³-hybridized carbons (Fsp3) is 0.867. The van der Waals surface area contributed by atoms with Crippen molar-refractivity contribution in [1.29, 1.82) is 0 Å². The van der Waals surface area contributed by atoms with Crippen LogP contribution in [-0.4, -0.2) is 47.2 Å². The van der Waals surface area contributed by atoms with Crippen LogP contribution in [0.1, 0.15) is 45.4 Å². The predicted octanol–water partition coefficient (Wildman–Crippen LogP) is 1.38. The molecule has 3 rings (SSSR count). The van der Waals surface area contributed by atoms with E-state index in [1.165, 1.54) is 6.92 Å². The molecule has 1 heterocycles. The minimum Gasteiger partial charge on any atom is -0.480 e. The van der Waals surface area contributed by atoms with Crippen LogP contribution < -0.4 is 5.32 Å². The topological polar surface area (TPSA) is 84.9 Å². The molecule has 1 atom stereocenters. The number of rotatable bonds is 4. The number of carbonyl (C=O) groups excluding carboxylic acids is 1. The Hall–Kier alpha value is -1.21. The standard InChI is InChI=1S/C15H22FNO5/c1-13(12(19)20,17-11(18)14(16)6-7-14)10-2-4-15(5-3-10)21-8-9-22-15/h10H,2-9H2,1H3,(H,17,18)(H,19,20). The third kappa shape index (κ3) is 2.60. The van der Waals surface area contributed by atoms with E-state index in [2.05, 4.69) is 5.32 Å². The van der Waals surface area contributed by atoms with Crippen molar-refractivity contribution in [3.05, 3.63) is 0 Å². The van der Waals surface area contributed by atoms with Crippen LogP contribution in [0.3, 0.4) is 0 Å². The third-order valence-corrected chi connectivity index (χ3v) is 5.29. The first kappa shape index (κ1) is 15.7. The molecular formula is C15H22FNO5. The molecule has 1 amide bonds. The molecule has 22 heavy (non-hydrogen) atoms. The average Bonchev–Trinajstić information content (AvgIpc) is 3.08. The minimum absolute atomic E-state index is 0.171. The molecule has 7 heteroatoms. The zero-order chi connectivity index (χ0) is 16.0. The highest BCUT2D eigenvalue weighted by atomic mass is 19.1. The van der Waals surface area contributed by atoms with Crippen molar-refractivity contribution in [3.63, 3.8) is 0 Å². The summed E-state index contributed by atoms with van der Waals surface area (Å²) in [5.41, 5.74) is -3.33. The second-order valence-corrected chi connectivity index (χ2v) is 6.81. The van der Waals surface area contributed by atoms with Gasteiger partial charge in [0, 0.05) is 12.8 Å². The maximum atomic E-state index is 13.9. The van der Waals surface area contributed by atoms with Crippen LogP contribution in [0.5, 0.6) is 0 Å². The van der Waals surface area contributed by atoms with Gasteiger partial charge in [-0.25, -0.2) is 9.18 Å². The number of hydrogen-bond donors (Lipinski definition) is 2. The smallest absolute Gasteiger partial charge is 0.329 e. The Morgan fingerprint density at radius 2 is 1.73 bits per heavy atom. The molecule has 0 bridgehead atoms. The molecule has 0 aromatic carbocycles. The lowest BCUT2D eigenvalue weighted by molar-refractivity contribution is -0.188. The predicted molar refractivity (Wildman–Crippen MR) is 73.8 cm³/mol. The largest absolute Gasteiger partial charge is 0.480 e. The first-order chi connectivity index (χ1) is 10.3. The van der Waals surface area contributed by atoms with E-state index in [4.69, 9.17) is 9.47 Å². The van der Waals surface area contributed by atoms with Gasteiger partial charge in [0.15, 0.2) is 11.5 Å². The van der Waals surface area contributed by atoms with Gasteiger partial charge in [0.2, 0.25) is 0 Å². The number of alkyl halides is 1. The monoisotopic (exact) mass is 315 g/mol. The Labute approximate surface area is 128 Å². The van der Waals surface area contributed by atoms with E-state index >= 15 is 0 Å². The number of halogens is 1. The van der Waals surface area contributed by atoms with E-state index in [-0.39, 0.29) is 18.8 Å². The Morgan fingerprint density at radius 1 is 1.18 bits per heavy atom. The minimum atomic E-state index is -1.87. The van der Waals surface area contributed by atoms with Gasteiger partial charge in [0.1, 0.15) is 5.54 Å². The molecule has 1 unspecified atom stereocenters. The van der Waals surface area contributed by atoms with Crippen LogP contribution in [0.4, 0.5) is 4.39 Å². The first-order valence-corrected chi connectivity index (χ1v) is 7.83. The second kappa shape index (κ2) is 5.16. The van der Waals surface area contributed by atoms with Gasteiger partial charge in [-0.1, -0.05) is 0 Å². The van der Waals surface area contributed by atoms with Crippen molar-refractivity contribution >= 4 is 11.9 Å². The van der Waals surface area contributed by atoms with Crippen molar-refractivity contribution in [2.24, 2.45) is 5.92 Å². The molecule has 6 nitrogen and oxygen atoms in total. The van der Waals surface area contributed by atoms with Crippen LogP contribution in [0.15, 0.2) is 0 Å². The summed E-state index contributed by atoms with van der Waals surface area (Å²) in [7, 11) is 0. The zero-order valence-electron chi connectivity index (χ0n) is 12.7. The van der Waals surface area contributed by atoms with Gasteiger partial charge < -0.3 is 19.9 Å². The van der Waals surface area contributed by atoms with Crippen LogP contribution >= 0.6 is 0 Å². The number of amides is 1. The lowest BCUT2D eigenvalue weighted by Crippen LogP contribution is -2.60. The van der Waals surface area contributed by atoms with Gasteiger partial charge in [0.25, 0.3) is 5.91 Å². The normalized spacial score (nSPS) is 29.0. The number of carboxylic acid groups (broad SMARTS) is 1. The molecule has 0 aromatic heterocycles. The lowest BCUT2D eigenvalue weighted by Gasteiger charge is -2.42. The van der Waals surface area contributed by atoms with Gasteiger partial charge in [-0.2, -0.15) is 0 Å². The lowest BCUT2D eigenvalue weighted by atomic mass is 9.73. The van der Waals surface area contributed by atoms with E-state index in [0.717, 1.165) is 0 Å². The number of hydrogen-bond acceptors (Lipinski definition) is 4. The molecule has 2 N–H and O–H groups in total. The number of carbonyl (C=O) groups is 2. The number of carboxylic acids is 1. The molecule has 1 saturated heterocycles. The molecule has 3 fully saturated rings. The van der Waals surface area contributed by atoms with Crippen molar-refractivity contribution in [3.8, 4) is 0 Å². The average molecular weight is 315 g/mol. The molecular weight excluding hydrogens is 293 g/mol. The summed E-state index contributed by atoms with van der Waals surface area (Å²) in [5.74, 6) is -2.78. The summed E-state index contributed by atoms with van der Waals surface area (Å²) < 4.78 is 25.1. The molecule has 3 aliphatic rings. The third-order valence-electron chi connectivity index (χ3n) is 5.29. The fourth-order valence-corrected chi connectivity index (χ4v) is 3.44. The molecule has 2 saturated carbocycles. The van der Waals surface area contributed by atoms with Gasteiger partial charge in [-0.15, -0.1) is 0 Å². The second-order valence-electron chi connectivity index (χ2n) is 6.81. The maximum Gasteiger partial charge on any atom is 0.329 e. The summed E-state index contributed by atoms with van der Waals surface area (Å²) in [4.78, 5) is 23.7. The molecule has 1 aliphatic heterocycles. The van der Waals surface area contributed by atoms with Gasteiger partial charge in [-0.3, -0.25) is 4.79 Å². The van der Waals surface area contributed by atoms with Gasteiger partial charge >= 0.3 is 5.97 Å². The summed E-state index contributed by atoms with van der Waals surface area (Å²) in [5, 5.41) is 12.0. The van der Waals surface area contributed by atoms with Crippen LogP contribution in [0, 0.1) is 5.92 Å². The van der Waals surface area contributed by atoms with Crippen LogP contribution in [-0.2, 0) is 19.1 Å². The molecule has 0 radical (unpaired) electrons. The van der Waals surface area contributed by atoms with Crippen molar-refractivity contribution < 1.29 is 28.6 Å². The van der Waals surface area contributed by atoms with Crippen molar-refractivity contribution in [2.75, 3.05) is 13.2 Å². The van der Waals surface area contributed by atoms with Gasteiger partial charge in [0.05, 0.1) is 13.2 Å². The highest BCUT2D eigenvalue weighted by Gasteiger charge is 2.55. The van der Waals surface area contributed by atoms with E-state index in [9.17, 15) is 19.1 Å². The SMILES string of the molecule is CC(NC(=O)C1(F)CC1)(C(=O)O)C1CCC2(CC1)OCCO2. The Kier molecular flexibility index (Phi) is 3.68. The van der Waals surface area contributed by atoms with Crippen LogP contribution in [0.25, 0.3) is 0 Å². The Balaban J connectivity index is 1.68. The number of nitrogens with one attached hydrogen (secondary N) is 1. The van der Waals surface area contributed by atoms with Crippen molar-refractivity contribution in [2.45, 2.75) is 62.4 Å². The van der Waals surface area contributed by atoms with Gasteiger partial charge in [-0.05, 0) is 38.5 Å². The summed E-state index contributed by atoms with van der Waals surface area (Å²) >= 11 is 0. The number of aliphatic carboxylic acids is 1. The first-order valence-electron chi connectivity index (χ1n) is 7.83. The fourth-order valence-electron chi connectivity index (χ4n) is 3.44. The summed E-state index contributed by atoms with van der Waals surface area (Å²) in [6, 6.07) is 0. The summed E-state index contributed by atoms with van der Waals surface area (Å²) in [6.07, 6.45) is 2.65. The highest BCUT2D eigenvalue weighted by molar-refractivity contribution is 5.93. The Bertz CT molecular complexity index is 476. The maximum absolute atomic E-state index is 13.9. The quantitative estimate of drug-likeness (QED) is 0.819. The highest BCUT2D eigenvalue weighted by Crippen LogP contribution is 2.44. The summed E-state index contributed by atoms with van der Waals surface area (Å²) in [6.45, 7) is 2.59. The van der Waals surface area contributed by atoms with Crippen molar-refractivity contribution in [1.82, 2.24) is 5.32 Å². The van der Waals surface area contributed by atoms with Crippen LogP contribution in [0.2, 0.25) is 0 Å². The van der Waals surface area contributed by atoms with E-state index in [1.807, 2.05) is 0 Å². The van der Waals surface area contributed by atoms with E-state index in [1.54, 1.807) is 0 Å². The van der Waals surface area contributed by atoms with E-state index < -0.39 is 28.9 Å².